The van der Waals surface area contributed by atoms with Crippen LogP contribution < -0.4 is 0 Å². The van der Waals surface area contributed by atoms with E-state index in [1.54, 1.807) is 0 Å². The highest BCUT2D eigenvalue weighted by Gasteiger charge is 2.71. The van der Waals surface area contributed by atoms with Crippen LogP contribution in [0.3, 0.4) is 0 Å². The van der Waals surface area contributed by atoms with E-state index in [0.717, 1.165) is 32.1 Å². The number of carbonyl (C=O) groups excluding carboxylic acids is 1. The van der Waals surface area contributed by atoms with Crippen LogP contribution in [0.5, 0.6) is 0 Å². The lowest BCUT2D eigenvalue weighted by atomic mass is 9.33. The van der Waals surface area contributed by atoms with E-state index in [0.29, 0.717) is 37.5 Å². The molecule has 6 rings (SSSR count). The van der Waals surface area contributed by atoms with E-state index in [1.807, 2.05) is 0 Å². The van der Waals surface area contributed by atoms with Crippen molar-refractivity contribution in [3.05, 3.63) is 11.6 Å². The van der Waals surface area contributed by atoms with Crippen molar-refractivity contribution in [3.63, 3.8) is 0 Å². The van der Waals surface area contributed by atoms with Gasteiger partial charge in [0.1, 0.15) is 29.8 Å². The molecular weight excluding hydrogens is 576 g/mol. The van der Waals surface area contributed by atoms with Gasteiger partial charge in [0, 0.05) is 0 Å². The molecule has 5 aliphatic carbocycles. The van der Waals surface area contributed by atoms with Gasteiger partial charge in [-0.1, -0.05) is 60.1 Å². The Balaban J connectivity index is 1.38. The van der Waals surface area contributed by atoms with Crippen LogP contribution >= 0.6 is 0 Å². The van der Waals surface area contributed by atoms with Crippen molar-refractivity contribution >= 4 is 5.97 Å². The fourth-order valence-corrected chi connectivity index (χ4v) is 12.1. The van der Waals surface area contributed by atoms with Crippen molar-refractivity contribution in [3.8, 4) is 0 Å². The van der Waals surface area contributed by atoms with Gasteiger partial charge in [0.15, 0.2) is 0 Å². The maximum absolute atomic E-state index is 14.4. The number of rotatable bonds is 3. The van der Waals surface area contributed by atoms with Crippen LogP contribution in [0.1, 0.15) is 106 Å². The fraction of sp³-hybridized carbons (Fsp3) is 0.917. The Bertz CT molecular complexity index is 1210. The molecule has 0 aromatic heterocycles. The van der Waals surface area contributed by atoms with E-state index in [4.69, 9.17) is 9.47 Å². The summed E-state index contributed by atoms with van der Waals surface area (Å²) in [5, 5.41) is 64.3. The molecule has 0 radical (unpaired) electrons. The van der Waals surface area contributed by atoms with Gasteiger partial charge in [-0.15, -0.1) is 0 Å². The predicted molar refractivity (Wildman–Crippen MR) is 166 cm³/mol. The molecule has 9 heteroatoms. The molecule has 5 fully saturated rings. The second kappa shape index (κ2) is 10.7. The van der Waals surface area contributed by atoms with Crippen molar-refractivity contribution < 1.29 is 44.9 Å². The van der Waals surface area contributed by atoms with Gasteiger partial charge in [0.25, 0.3) is 0 Å². The maximum Gasteiger partial charge on any atom is 0.317 e. The summed E-state index contributed by atoms with van der Waals surface area (Å²) in [5.74, 6) is -0.157. The molecule has 6 aliphatic rings. The van der Waals surface area contributed by atoms with Crippen LogP contribution in [0.4, 0.5) is 0 Å². The van der Waals surface area contributed by atoms with Crippen LogP contribution in [0.2, 0.25) is 0 Å². The number of hydrogen-bond acceptors (Lipinski definition) is 9. The van der Waals surface area contributed by atoms with Crippen LogP contribution in [0, 0.1) is 50.2 Å². The molecule has 1 aliphatic heterocycles. The van der Waals surface area contributed by atoms with E-state index in [9.17, 15) is 35.4 Å². The van der Waals surface area contributed by atoms with Crippen LogP contribution in [0.25, 0.3) is 0 Å². The number of carbonyl (C=O) groups is 1. The lowest BCUT2D eigenvalue weighted by Crippen LogP contribution is -2.68. The van der Waals surface area contributed by atoms with Crippen LogP contribution in [-0.4, -0.2) is 86.1 Å². The smallest absolute Gasteiger partial charge is 0.317 e. The summed E-state index contributed by atoms with van der Waals surface area (Å²) in [6, 6.07) is 0. The summed E-state index contributed by atoms with van der Waals surface area (Å²) in [6.07, 6.45) is 0.341. The Morgan fingerprint density at radius 3 is 2.20 bits per heavy atom. The maximum atomic E-state index is 14.4. The quantitative estimate of drug-likeness (QED) is 0.202. The normalized spacial score (nSPS) is 53.6. The number of ether oxygens (including phenoxy) is 2. The van der Waals surface area contributed by atoms with Crippen LogP contribution in [0.15, 0.2) is 11.6 Å². The molecule has 9 nitrogen and oxygen atoms in total. The standard InChI is InChI=1S/C36H58O9/c1-31(2)14-15-36(30(43)45-29-28(42)27(41)26(40)21(18-37)44-29)20(16-31)19-8-9-23-33(5)12-11-24(38)32(3,4)22(33)10-13-34(23,6)35(19,7)17-25(36)39/h8,20-29,37-42H,9-18H2,1-7H3/t20-,21?,22?,23+,24-,25?,26-,27+,28?,29+,33-,34+,35+,36+/m0/s1. The first-order chi connectivity index (χ1) is 20.8. The predicted octanol–water partition coefficient (Wildman–Crippen LogP) is 3.46. The number of hydrogen-bond donors (Lipinski definition) is 6. The molecule has 45 heavy (non-hydrogen) atoms. The van der Waals surface area contributed by atoms with E-state index in [-0.39, 0.29) is 39.1 Å². The molecule has 1 heterocycles. The van der Waals surface area contributed by atoms with Gasteiger partial charge in [-0.2, -0.15) is 0 Å². The lowest BCUT2D eigenvalue weighted by molar-refractivity contribution is -0.299. The lowest BCUT2D eigenvalue weighted by Gasteiger charge is -2.71. The molecule has 1 saturated heterocycles. The van der Waals surface area contributed by atoms with Gasteiger partial charge in [0.05, 0.1) is 18.8 Å². The van der Waals surface area contributed by atoms with Crippen molar-refractivity contribution in [1.82, 2.24) is 0 Å². The van der Waals surface area contributed by atoms with Crippen LogP contribution in [-0.2, 0) is 14.3 Å². The van der Waals surface area contributed by atoms with Crippen molar-refractivity contribution in [2.75, 3.05) is 6.61 Å². The summed E-state index contributed by atoms with van der Waals surface area (Å²) in [4.78, 5) is 14.4. The minimum atomic E-state index is -1.70. The summed E-state index contributed by atoms with van der Waals surface area (Å²) in [5.41, 5.74) is -0.661. The third-order valence-corrected chi connectivity index (χ3v) is 15.1. The zero-order valence-electron chi connectivity index (χ0n) is 28.3. The van der Waals surface area contributed by atoms with Crippen molar-refractivity contribution in [2.45, 2.75) is 149 Å². The first-order valence-corrected chi connectivity index (χ1v) is 17.4. The number of aliphatic hydroxyl groups is 6. The minimum Gasteiger partial charge on any atom is -0.432 e. The monoisotopic (exact) mass is 634 g/mol. The average Bonchev–Trinajstić information content (AvgIpc) is 2.95. The molecule has 4 saturated carbocycles. The molecule has 0 aromatic carbocycles. The Morgan fingerprint density at radius 2 is 1.53 bits per heavy atom. The van der Waals surface area contributed by atoms with Gasteiger partial charge in [0.2, 0.25) is 6.29 Å². The summed E-state index contributed by atoms with van der Waals surface area (Å²) in [6.45, 7) is 15.5. The third-order valence-electron chi connectivity index (χ3n) is 15.1. The highest BCUT2D eigenvalue weighted by atomic mass is 16.7. The molecule has 0 aromatic rings. The summed E-state index contributed by atoms with van der Waals surface area (Å²) in [7, 11) is 0. The minimum absolute atomic E-state index is 0.0497. The zero-order valence-corrected chi connectivity index (χ0v) is 28.3. The number of allylic oxidation sites excluding steroid dienone is 2. The summed E-state index contributed by atoms with van der Waals surface area (Å²) >= 11 is 0. The Hall–Kier alpha value is -1.07. The highest BCUT2D eigenvalue weighted by molar-refractivity contribution is 5.80. The molecule has 14 atom stereocenters. The van der Waals surface area contributed by atoms with Gasteiger partial charge < -0.3 is 40.1 Å². The van der Waals surface area contributed by atoms with Gasteiger partial charge in [-0.05, 0) is 103 Å². The van der Waals surface area contributed by atoms with Crippen molar-refractivity contribution in [2.24, 2.45) is 50.2 Å². The van der Waals surface area contributed by atoms with E-state index < -0.39 is 54.8 Å². The zero-order chi connectivity index (χ0) is 33.1. The highest BCUT2D eigenvalue weighted by Crippen LogP contribution is 2.75. The molecule has 256 valence electrons. The Labute approximate surface area is 268 Å². The largest absolute Gasteiger partial charge is 0.432 e. The number of fused-ring (bicyclic) bond motifs is 7. The van der Waals surface area contributed by atoms with Crippen molar-refractivity contribution in [1.29, 1.82) is 0 Å². The Morgan fingerprint density at radius 1 is 0.844 bits per heavy atom. The molecular formula is C36H58O9. The molecule has 6 N–H and O–H groups in total. The molecule has 0 amide bonds. The second-order valence-corrected chi connectivity index (χ2v) is 18.0. The average molecular weight is 635 g/mol. The summed E-state index contributed by atoms with van der Waals surface area (Å²) < 4.78 is 11.4. The van der Waals surface area contributed by atoms with E-state index in [1.165, 1.54) is 5.57 Å². The first kappa shape index (κ1) is 33.8. The van der Waals surface area contributed by atoms with Gasteiger partial charge in [-0.3, -0.25) is 4.79 Å². The molecule has 0 spiro atoms. The van der Waals surface area contributed by atoms with Gasteiger partial charge >= 0.3 is 5.97 Å². The SMILES string of the molecule is CC1(C)CC[C@]2(C(=O)O[C@H]3OC(CO)[C@H](O)[C@@H](O)C3O)C(O)C[C@]3(C)C(=CC[C@@H]4[C@@]5(C)CC[C@H](O)C(C)(C)C5CC[C@]43C)[C@@H]2C1. The van der Waals surface area contributed by atoms with Gasteiger partial charge in [-0.25, -0.2) is 0 Å². The number of aliphatic hydroxyl groups excluding tert-OH is 6. The number of esters is 1. The first-order valence-electron chi connectivity index (χ1n) is 17.4. The molecule has 0 bridgehead atoms. The molecule has 4 unspecified atom stereocenters. The fourth-order valence-electron chi connectivity index (χ4n) is 12.1. The topological polar surface area (TPSA) is 157 Å². The third kappa shape index (κ3) is 4.54. The second-order valence-electron chi connectivity index (χ2n) is 18.0. The Kier molecular flexibility index (Phi) is 8.05. The van der Waals surface area contributed by atoms with E-state index >= 15 is 0 Å². The van der Waals surface area contributed by atoms with E-state index in [2.05, 4.69) is 54.5 Å².